The number of anilines is 2. The number of rotatable bonds is 5. The van der Waals surface area contributed by atoms with Crippen LogP contribution in [0.4, 0.5) is 11.4 Å². The van der Waals surface area contributed by atoms with Crippen LogP contribution in [0.25, 0.3) is 0 Å². The highest BCUT2D eigenvalue weighted by atomic mass is 16.5. The Kier molecular flexibility index (Phi) is 5.44. The summed E-state index contributed by atoms with van der Waals surface area (Å²) in [5.41, 5.74) is 7.72. The molecule has 1 fully saturated rings. The molecule has 1 aliphatic heterocycles. The molecular weight excluding hydrogens is 268 g/mol. The van der Waals surface area contributed by atoms with Crippen LogP contribution in [0.3, 0.4) is 0 Å². The minimum Gasteiger partial charge on any atom is -0.462 e. The molecule has 21 heavy (non-hydrogen) atoms. The van der Waals surface area contributed by atoms with Gasteiger partial charge in [0.2, 0.25) is 0 Å². The fourth-order valence-electron chi connectivity index (χ4n) is 2.61. The zero-order valence-electron chi connectivity index (χ0n) is 12.8. The molecule has 1 aromatic rings. The van der Waals surface area contributed by atoms with E-state index in [4.69, 9.17) is 15.2 Å². The van der Waals surface area contributed by atoms with Crippen molar-refractivity contribution >= 4 is 17.3 Å². The lowest BCUT2D eigenvalue weighted by Gasteiger charge is -2.28. The first-order valence-corrected chi connectivity index (χ1v) is 7.47. The molecule has 1 aromatic carbocycles. The van der Waals surface area contributed by atoms with Gasteiger partial charge in [-0.1, -0.05) is 0 Å². The van der Waals surface area contributed by atoms with E-state index >= 15 is 0 Å². The molecule has 0 saturated carbocycles. The smallest absolute Gasteiger partial charge is 0.340 e. The average molecular weight is 292 g/mol. The van der Waals surface area contributed by atoms with E-state index < -0.39 is 0 Å². The van der Waals surface area contributed by atoms with Crippen LogP contribution in [0.1, 0.15) is 30.1 Å². The number of esters is 1. The third-order valence-corrected chi connectivity index (χ3v) is 3.76. The van der Waals surface area contributed by atoms with Crippen molar-refractivity contribution in [2.45, 2.75) is 19.8 Å². The lowest BCUT2D eigenvalue weighted by molar-refractivity contribution is 0.0527. The van der Waals surface area contributed by atoms with Gasteiger partial charge in [0.25, 0.3) is 0 Å². The van der Waals surface area contributed by atoms with Crippen molar-refractivity contribution < 1.29 is 14.3 Å². The van der Waals surface area contributed by atoms with Gasteiger partial charge in [-0.25, -0.2) is 4.79 Å². The number of ether oxygens (including phenoxy) is 2. The Morgan fingerprint density at radius 1 is 1.52 bits per heavy atom. The van der Waals surface area contributed by atoms with Crippen molar-refractivity contribution in [1.29, 1.82) is 0 Å². The minimum atomic E-state index is -0.369. The SMILES string of the molecule is CCOC(=O)c1cc(N(C)CC2CCCOC2)ccc1N. The highest BCUT2D eigenvalue weighted by Crippen LogP contribution is 2.23. The number of nitrogen functional groups attached to an aromatic ring is 1. The van der Waals surface area contributed by atoms with Crippen molar-refractivity contribution in [1.82, 2.24) is 0 Å². The molecule has 1 saturated heterocycles. The molecular formula is C16H24N2O3. The molecule has 5 nitrogen and oxygen atoms in total. The summed E-state index contributed by atoms with van der Waals surface area (Å²) in [5.74, 6) is 0.165. The molecule has 5 heteroatoms. The number of nitrogens with two attached hydrogens (primary N) is 1. The van der Waals surface area contributed by atoms with Crippen molar-refractivity contribution in [3.8, 4) is 0 Å². The number of hydrogen-bond donors (Lipinski definition) is 1. The highest BCUT2D eigenvalue weighted by Gasteiger charge is 2.18. The van der Waals surface area contributed by atoms with Gasteiger partial charge >= 0.3 is 5.97 Å². The molecule has 1 aliphatic rings. The molecule has 2 N–H and O–H groups in total. The van der Waals surface area contributed by atoms with Gasteiger partial charge in [-0.05, 0) is 43.9 Å². The fraction of sp³-hybridized carbons (Fsp3) is 0.562. The second-order valence-electron chi connectivity index (χ2n) is 5.46. The van der Waals surface area contributed by atoms with Gasteiger partial charge in [0.15, 0.2) is 0 Å². The quantitative estimate of drug-likeness (QED) is 0.666. The molecule has 0 bridgehead atoms. The van der Waals surface area contributed by atoms with Gasteiger partial charge in [0, 0.05) is 31.6 Å². The van der Waals surface area contributed by atoms with Gasteiger partial charge in [-0.2, -0.15) is 0 Å². The monoisotopic (exact) mass is 292 g/mol. The summed E-state index contributed by atoms with van der Waals surface area (Å²) in [6.45, 7) is 4.72. The Morgan fingerprint density at radius 2 is 2.33 bits per heavy atom. The molecule has 0 aromatic heterocycles. The van der Waals surface area contributed by atoms with Crippen molar-refractivity contribution in [3.05, 3.63) is 23.8 Å². The molecule has 0 aliphatic carbocycles. The Balaban J connectivity index is 2.08. The van der Waals surface area contributed by atoms with E-state index in [-0.39, 0.29) is 5.97 Å². The van der Waals surface area contributed by atoms with Crippen molar-refractivity contribution in [3.63, 3.8) is 0 Å². The molecule has 0 amide bonds. The van der Waals surface area contributed by atoms with Crippen LogP contribution >= 0.6 is 0 Å². The van der Waals surface area contributed by atoms with Crippen LogP contribution in [0.5, 0.6) is 0 Å². The summed E-state index contributed by atoms with van der Waals surface area (Å²) >= 11 is 0. The van der Waals surface area contributed by atoms with Gasteiger partial charge in [-0.15, -0.1) is 0 Å². The van der Waals surface area contributed by atoms with E-state index in [1.165, 1.54) is 6.42 Å². The first-order valence-electron chi connectivity index (χ1n) is 7.47. The molecule has 0 spiro atoms. The van der Waals surface area contributed by atoms with Crippen LogP contribution in [0, 0.1) is 5.92 Å². The second-order valence-corrected chi connectivity index (χ2v) is 5.46. The summed E-state index contributed by atoms with van der Waals surface area (Å²) < 4.78 is 10.5. The summed E-state index contributed by atoms with van der Waals surface area (Å²) in [4.78, 5) is 14.0. The Bertz CT molecular complexity index is 484. The number of nitrogens with zero attached hydrogens (tertiary/aromatic N) is 1. The van der Waals surface area contributed by atoms with E-state index in [1.807, 2.05) is 13.1 Å². The lowest BCUT2D eigenvalue weighted by Crippen LogP contribution is -2.31. The fourth-order valence-corrected chi connectivity index (χ4v) is 2.61. The van der Waals surface area contributed by atoms with E-state index in [0.717, 1.165) is 31.9 Å². The number of carbonyl (C=O) groups excluding carboxylic acids is 1. The van der Waals surface area contributed by atoms with Gasteiger partial charge in [-0.3, -0.25) is 0 Å². The zero-order valence-corrected chi connectivity index (χ0v) is 12.8. The molecule has 1 atom stereocenters. The number of hydrogen-bond acceptors (Lipinski definition) is 5. The van der Waals surface area contributed by atoms with Crippen LogP contribution < -0.4 is 10.6 Å². The van der Waals surface area contributed by atoms with Gasteiger partial charge < -0.3 is 20.1 Å². The van der Waals surface area contributed by atoms with E-state index in [1.54, 1.807) is 19.1 Å². The Labute approximate surface area is 126 Å². The average Bonchev–Trinajstić information content (AvgIpc) is 2.48. The first-order chi connectivity index (χ1) is 10.1. The maximum atomic E-state index is 11.9. The van der Waals surface area contributed by atoms with E-state index in [9.17, 15) is 4.79 Å². The molecule has 116 valence electrons. The third-order valence-electron chi connectivity index (χ3n) is 3.76. The summed E-state index contributed by atoms with van der Waals surface area (Å²) in [6.07, 6.45) is 2.30. The van der Waals surface area contributed by atoms with E-state index in [2.05, 4.69) is 4.90 Å². The number of carbonyl (C=O) groups is 1. The normalized spacial score (nSPS) is 18.3. The molecule has 2 rings (SSSR count). The first kappa shape index (κ1) is 15.6. The maximum absolute atomic E-state index is 11.9. The van der Waals surface area contributed by atoms with Crippen LogP contribution in [-0.2, 0) is 9.47 Å². The maximum Gasteiger partial charge on any atom is 0.340 e. The van der Waals surface area contributed by atoms with Crippen LogP contribution in [0.15, 0.2) is 18.2 Å². The highest BCUT2D eigenvalue weighted by molar-refractivity contribution is 5.96. The van der Waals surface area contributed by atoms with Crippen LogP contribution in [0.2, 0.25) is 0 Å². The molecule has 0 radical (unpaired) electrons. The summed E-state index contributed by atoms with van der Waals surface area (Å²) in [5, 5.41) is 0. The number of benzene rings is 1. The van der Waals surface area contributed by atoms with E-state index in [0.29, 0.717) is 23.8 Å². The second kappa shape index (κ2) is 7.31. The zero-order chi connectivity index (χ0) is 15.2. The summed E-state index contributed by atoms with van der Waals surface area (Å²) in [7, 11) is 2.02. The Hall–Kier alpha value is -1.75. The van der Waals surface area contributed by atoms with Crippen LogP contribution in [-0.4, -0.2) is 39.4 Å². The van der Waals surface area contributed by atoms with Gasteiger partial charge in [0.05, 0.1) is 18.8 Å². The van der Waals surface area contributed by atoms with Crippen molar-refractivity contribution in [2.75, 3.05) is 44.0 Å². The molecule has 1 heterocycles. The topological polar surface area (TPSA) is 64.8 Å². The standard InChI is InChI=1S/C16H24N2O3/c1-3-21-16(19)14-9-13(6-7-15(14)17)18(2)10-12-5-4-8-20-11-12/h6-7,9,12H,3-5,8,10-11,17H2,1-2H3. The Morgan fingerprint density at radius 3 is 3.00 bits per heavy atom. The largest absolute Gasteiger partial charge is 0.462 e. The van der Waals surface area contributed by atoms with Crippen molar-refractivity contribution in [2.24, 2.45) is 5.92 Å². The lowest BCUT2D eigenvalue weighted by atomic mass is 10.0. The van der Waals surface area contributed by atoms with Gasteiger partial charge in [0.1, 0.15) is 0 Å². The predicted octanol–water partition coefficient (Wildman–Crippen LogP) is 2.31. The predicted molar refractivity (Wildman–Crippen MR) is 83.6 cm³/mol. The summed E-state index contributed by atoms with van der Waals surface area (Å²) in [6, 6.07) is 5.49. The third kappa shape index (κ3) is 4.11. The minimum absolute atomic E-state index is 0.345. The molecule has 1 unspecified atom stereocenters.